The monoisotopic (exact) mass is 263 g/mol. The number of hydrogen-bond donors (Lipinski definition) is 0. The standard InChI is InChI=1S/C18H17NO/c1-3-19-11(2)16-12-7-4-5-8-13(12)18(20)14-9-6-10-15(19)17(14)16/h4-11,16H,3H2,1-2H3. The Kier molecular flexibility index (Phi) is 2.31. The summed E-state index contributed by atoms with van der Waals surface area (Å²) >= 11 is 0. The van der Waals surface area contributed by atoms with Crippen molar-refractivity contribution in [2.45, 2.75) is 25.8 Å². The van der Waals surface area contributed by atoms with Crippen LogP contribution in [0.15, 0.2) is 42.5 Å². The van der Waals surface area contributed by atoms with Crippen LogP contribution in [0.2, 0.25) is 0 Å². The lowest BCUT2D eigenvalue weighted by atomic mass is 9.76. The fourth-order valence-electron chi connectivity index (χ4n) is 3.96. The molecule has 0 fully saturated rings. The summed E-state index contributed by atoms with van der Waals surface area (Å²) in [4.78, 5) is 15.1. The molecular weight excluding hydrogens is 246 g/mol. The number of likely N-dealkylation sites (N-methyl/N-ethyl adjacent to an activating group) is 1. The van der Waals surface area contributed by atoms with Gasteiger partial charge >= 0.3 is 0 Å². The minimum absolute atomic E-state index is 0.179. The molecule has 1 aliphatic heterocycles. The van der Waals surface area contributed by atoms with Gasteiger partial charge in [-0.05, 0) is 31.0 Å². The van der Waals surface area contributed by atoms with E-state index in [-0.39, 0.29) is 5.78 Å². The highest BCUT2D eigenvalue weighted by molar-refractivity contribution is 6.14. The van der Waals surface area contributed by atoms with Crippen LogP contribution in [0.1, 0.15) is 46.8 Å². The first-order valence-corrected chi connectivity index (χ1v) is 7.27. The molecular formula is C18H17NO. The van der Waals surface area contributed by atoms with Gasteiger partial charge < -0.3 is 4.90 Å². The fraction of sp³-hybridized carbons (Fsp3) is 0.278. The number of nitrogens with zero attached hydrogens (tertiary/aromatic N) is 1. The molecule has 0 amide bonds. The summed E-state index contributed by atoms with van der Waals surface area (Å²) in [5.74, 6) is 0.508. The van der Waals surface area contributed by atoms with Crippen LogP contribution >= 0.6 is 0 Å². The van der Waals surface area contributed by atoms with Crippen molar-refractivity contribution >= 4 is 11.5 Å². The van der Waals surface area contributed by atoms with Gasteiger partial charge in [0.15, 0.2) is 5.78 Å². The number of anilines is 1. The van der Waals surface area contributed by atoms with Crippen LogP contribution in [0.4, 0.5) is 5.69 Å². The van der Waals surface area contributed by atoms with Crippen LogP contribution < -0.4 is 4.90 Å². The molecule has 4 rings (SSSR count). The van der Waals surface area contributed by atoms with Crippen LogP contribution in [0.5, 0.6) is 0 Å². The van der Waals surface area contributed by atoms with Crippen LogP contribution in [-0.2, 0) is 0 Å². The maximum atomic E-state index is 12.7. The molecule has 0 bridgehead atoms. The number of rotatable bonds is 1. The van der Waals surface area contributed by atoms with Gasteiger partial charge in [-0.15, -0.1) is 0 Å². The van der Waals surface area contributed by atoms with E-state index in [0.717, 1.165) is 17.7 Å². The van der Waals surface area contributed by atoms with Crippen molar-refractivity contribution in [3.63, 3.8) is 0 Å². The molecule has 2 nitrogen and oxygen atoms in total. The minimum atomic E-state index is 0.179. The van der Waals surface area contributed by atoms with Gasteiger partial charge in [-0.3, -0.25) is 4.79 Å². The van der Waals surface area contributed by atoms with Crippen LogP contribution in [0.25, 0.3) is 0 Å². The van der Waals surface area contributed by atoms with E-state index in [4.69, 9.17) is 0 Å². The molecule has 2 aromatic rings. The molecule has 1 aliphatic carbocycles. The second-order valence-electron chi connectivity index (χ2n) is 5.66. The summed E-state index contributed by atoms with van der Waals surface area (Å²) in [6, 6.07) is 14.6. The van der Waals surface area contributed by atoms with Crippen LogP contribution in [0.3, 0.4) is 0 Å². The third-order valence-corrected chi connectivity index (χ3v) is 4.80. The van der Waals surface area contributed by atoms with Gasteiger partial charge in [0, 0.05) is 35.3 Å². The van der Waals surface area contributed by atoms with Crippen LogP contribution in [0, 0.1) is 0 Å². The van der Waals surface area contributed by atoms with Crippen molar-refractivity contribution in [1.29, 1.82) is 0 Å². The number of fused-ring (bicyclic) bond motifs is 2. The molecule has 0 aromatic heterocycles. The Morgan fingerprint density at radius 2 is 1.80 bits per heavy atom. The smallest absolute Gasteiger partial charge is 0.193 e. The third-order valence-electron chi connectivity index (χ3n) is 4.80. The van der Waals surface area contributed by atoms with E-state index in [9.17, 15) is 4.79 Å². The molecule has 100 valence electrons. The summed E-state index contributed by atoms with van der Waals surface area (Å²) in [5, 5.41) is 0. The number of carbonyl (C=O) groups is 1. The second-order valence-corrected chi connectivity index (χ2v) is 5.66. The maximum Gasteiger partial charge on any atom is 0.193 e. The largest absolute Gasteiger partial charge is 0.368 e. The van der Waals surface area contributed by atoms with Gasteiger partial charge in [0.2, 0.25) is 0 Å². The third kappa shape index (κ3) is 1.26. The second kappa shape index (κ2) is 3.95. The predicted octanol–water partition coefficient (Wildman–Crippen LogP) is 3.59. The fourth-order valence-corrected chi connectivity index (χ4v) is 3.96. The number of carbonyl (C=O) groups excluding carboxylic acids is 1. The molecule has 2 aromatic carbocycles. The van der Waals surface area contributed by atoms with E-state index in [0.29, 0.717) is 12.0 Å². The Balaban J connectivity index is 2.06. The lowest BCUT2D eigenvalue weighted by Gasteiger charge is -2.28. The van der Waals surface area contributed by atoms with E-state index in [1.807, 2.05) is 30.3 Å². The first-order valence-electron chi connectivity index (χ1n) is 7.27. The highest BCUT2D eigenvalue weighted by Gasteiger charge is 2.42. The van der Waals surface area contributed by atoms with Crippen molar-refractivity contribution in [2.75, 3.05) is 11.4 Å². The van der Waals surface area contributed by atoms with Crippen molar-refractivity contribution in [1.82, 2.24) is 0 Å². The van der Waals surface area contributed by atoms with Crippen molar-refractivity contribution in [3.8, 4) is 0 Å². The SMILES string of the molecule is CCN1c2cccc3c2C(c2ccccc2C3=O)C1C. The van der Waals surface area contributed by atoms with Gasteiger partial charge in [-0.25, -0.2) is 0 Å². The maximum absolute atomic E-state index is 12.7. The lowest BCUT2D eigenvalue weighted by Crippen LogP contribution is -2.32. The zero-order valence-electron chi connectivity index (χ0n) is 11.8. The van der Waals surface area contributed by atoms with Gasteiger partial charge in [0.1, 0.15) is 0 Å². The summed E-state index contributed by atoms with van der Waals surface area (Å²) < 4.78 is 0. The summed E-state index contributed by atoms with van der Waals surface area (Å²) in [6.45, 7) is 5.43. The van der Waals surface area contributed by atoms with Crippen molar-refractivity contribution in [2.24, 2.45) is 0 Å². The molecule has 2 unspecified atom stereocenters. The first kappa shape index (κ1) is 11.7. The van der Waals surface area contributed by atoms with Gasteiger partial charge in [-0.1, -0.05) is 36.4 Å². The Morgan fingerprint density at radius 3 is 2.60 bits per heavy atom. The molecule has 0 spiro atoms. The quantitative estimate of drug-likeness (QED) is 0.783. The number of ketones is 1. The summed E-state index contributed by atoms with van der Waals surface area (Å²) in [5.41, 5.74) is 5.46. The van der Waals surface area contributed by atoms with Gasteiger partial charge in [-0.2, -0.15) is 0 Å². The van der Waals surface area contributed by atoms with E-state index in [2.05, 4.69) is 30.9 Å². The molecule has 0 saturated heterocycles. The average molecular weight is 263 g/mol. The number of benzene rings is 2. The Labute approximate surface area is 119 Å². The zero-order chi connectivity index (χ0) is 13.9. The molecule has 20 heavy (non-hydrogen) atoms. The van der Waals surface area contributed by atoms with E-state index in [1.54, 1.807) is 0 Å². The predicted molar refractivity (Wildman–Crippen MR) is 80.6 cm³/mol. The lowest BCUT2D eigenvalue weighted by molar-refractivity contribution is 0.103. The zero-order valence-corrected chi connectivity index (χ0v) is 11.8. The molecule has 2 heteroatoms. The van der Waals surface area contributed by atoms with E-state index in [1.165, 1.54) is 16.8 Å². The highest BCUT2D eigenvalue weighted by atomic mass is 16.1. The number of hydrogen-bond acceptors (Lipinski definition) is 2. The van der Waals surface area contributed by atoms with Crippen molar-refractivity contribution < 1.29 is 4.79 Å². The van der Waals surface area contributed by atoms with Gasteiger partial charge in [0.25, 0.3) is 0 Å². The minimum Gasteiger partial charge on any atom is -0.368 e. The molecule has 1 heterocycles. The van der Waals surface area contributed by atoms with Crippen LogP contribution in [-0.4, -0.2) is 18.4 Å². The summed E-state index contributed by atoms with van der Waals surface area (Å²) in [6.07, 6.45) is 0. The first-order chi connectivity index (χ1) is 9.74. The Bertz CT molecular complexity index is 719. The van der Waals surface area contributed by atoms with E-state index >= 15 is 0 Å². The molecule has 2 atom stereocenters. The Hall–Kier alpha value is -2.09. The Morgan fingerprint density at radius 1 is 1.05 bits per heavy atom. The molecule has 0 N–H and O–H groups in total. The van der Waals surface area contributed by atoms with E-state index < -0.39 is 0 Å². The van der Waals surface area contributed by atoms with Crippen molar-refractivity contribution in [3.05, 3.63) is 64.7 Å². The van der Waals surface area contributed by atoms with Gasteiger partial charge in [0.05, 0.1) is 0 Å². The topological polar surface area (TPSA) is 20.3 Å². The molecule has 2 aliphatic rings. The molecule has 0 radical (unpaired) electrons. The average Bonchev–Trinajstić information content (AvgIpc) is 2.77. The molecule has 0 saturated carbocycles. The highest BCUT2D eigenvalue weighted by Crippen LogP contribution is 2.49. The normalized spacial score (nSPS) is 22.7. The summed E-state index contributed by atoms with van der Waals surface area (Å²) in [7, 11) is 0.